The van der Waals surface area contributed by atoms with E-state index in [2.05, 4.69) is 17.5 Å². The lowest BCUT2D eigenvalue weighted by Gasteiger charge is -2.17. The Hall–Kier alpha value is -1.57. The van der Waals surface area contributed by atoms with Gasteiger partial charge in [0.15, 0.2) is 0 Å². The Bertz CT molecular complexity index is 478. The molecule has 0 heterocycles. The SMILES string of the molecule is Cc1cccc(NC(=O)C2CC3C=CC2C3)c1. The molecule has 3 rings (SSSR count). The van der Waals surface area contributed by atoms with Crippen LogP contribution in [0.25, 0.3) is 0 Å². The predicted octanol–water partition coefficient (Wildman–Crippen LogP) is 3.15. The van der Waals surface area contributed by atoms with E-state index in [-0.39, 0.29) is 11.8 Å². The van der Waals surface area contributed by atoms with Crippen molar-refractivity contribution in [3.8, 4) is 0 Å². The summed E-state index contributed by atoms with van der Waals surface area (Å²) < 4.78 is 0. The van der Waals surface area contributed by atoms with E-state index < -0.39 is 0 Å². The van der Waals surface area contributed by atoms with Gasteiger partial charge in [0, 0.05) is 11.6 Å². The highest BCUT2D eigenvalue weighted by atomic mass is 16.1. The van der Waals surface area contributed by atoms with Crippen LogP contribution in [0.5, 0.6) is 0 Å². The second kappa shape index (κ2) is 4.02. The van der Waals surface area contributed by atoms with Crippen molar-refractivity contribution in [3.05, 3.63) is 42.0 Å². The van der Waals surface area contributed by atoms with Crippen LogP contribution < -0.4 is 5.32 Å². The first-order chi connectivity index (χ1) is 8.22. The molecule has 2 heteroatoms. The van der Waals surface area contributed by atoms with Crippen molar-refractivity contribution >= 4 is 11.6 Å². The summed E-state index contributed by atoms with van der Waals surface area (Å²) in [5.74, 6) is 1.50. The molecule has 0 radical (unpaired) electrons. The second-order valence-electron chi connectivity index (χ2n) is 5.25. The van der Waals surface area contributed by atoms with Gasteiger partial charge in [-0.25, -0.2) is 0 Å². The van der Waals surface area contributed by atoms with Gasteiger partial charge in [-0.05, 0) is 49.3 Å². The number of hydrogen-bond acceptors (Lipinski definition) is 1. The minimum absolute atomic E-state index is 0.186. The third-order valence-corrected chi connectivity index (χ3v) is 3.90. The summed E-state index contributed by atoms with van der Waals surface area (Å²) in [6, 6.07) is 7.98. The number of amides is 1. The summed E-state index contributed by atoms with van der Waals surface area (Å²) in [6.45, 7) is 2.04. The number of carbonyl (C=O) groups excluding carboxylic acids is 1. The molecule has 0 saturated heterocycles. The van der Waals surface area contributed by atoms with Gasteiger partial charge in [0.1, 0.15) is 0 Å². The Labute approximate surface area is 102 Å². The Morgan fingerprint density at radius 1 is 1.29 bits per heavy atom. The maximum Gasteiger partial charge on any atom is 0.228 e. The number of benzene rings is 1. The number of fused-ring (bicyclic) bond motifs is 2. The second-order valence-corrected chi connectivity index (χ2v) is 5.25. The molecule has 2 aliphatic rings. The molecule has 3 unspecified atom stereocenters. The highest BCUT2D eigenvalue weighted by Gasteiger charge is 2.39. The van der Waals surface area contributed by atoms with E-state index in [4.69, 9.17) is 0 Å². The highest BCUT2D eigenvalue weighted by Crippen LogP contribution is 2.43. The molecule has 1 fully saturated rings. The van der Waals surface area contributed by atoms with Crippen LogP contribution in [0.1, 0.15) is 18.4 Å². The number of allylic oxidation sites excluding steroid dienone is 2. The minimum Gasteiger partial charge on any atom is -0.326 e. The molecule has 88 valence electrons. The van der Waals surface area contributed by atoms with Crippen molar-refractivity contribution in [1.29, 1.82) is 0 Å². The quantitative estimate of drug-likeness (QED) is 0.773. The molecule has 0 aromatic heterocycles. The molecule has 1 aromatic carbocycles. The fraction of sp³-hybridized carbons (Fsp3) is 0.400. The normalized spacial score (nSPS) is 29.6. The number of anilines is 1. The number of aryl methyl sites for hydroxylation is 1. The van der Waals surface area contributed by atoms with Crippen molar-refractivity contribution in [2.24, 2.45) is 17.8 Å². The average Bonchev–Trinajstić information content (AvgIpc) is 2.90. The van der Waals surface area contributed by atoms with Crippen LogP contribution in [0.4, 0.5) is 5.69 Å². The molecular formula is C15H17NO. The lowest BCUT2D eigenvalue weighted by molar-refractivity contribution is -0.120. The number of hydrogen-bond donors (Lipinski definition) is 1. The Morgan fingerprint density at radius 2 is 2.18 bits per heavy atom. The first-order valence-corrected chi connectivity index (χ1v) is 6.28. The van der Waals surface area contributed by atoms with Gasteiger partial charge in [0.2, 0.25) is 5.91 Å². The molecular weight excluding hydrogens is 210 g/mol. The fourth-order valence-electron chi connectivity index (χ4n) is 3.04. The third kappa shape index (κ3) is 1.99. The fourth-order valence-corrected chi connectivity index (χ4v) is 3.04. The zero-order chi connectivity index (χ0) is 11.8. The van der Waals surface area contributed by atoms with Crippen LogP contribution in [-0.2, 0) is 4.79 Å². The summed E-state index contributed by atoms with van der Waals surface area (Å²) in [6.07, 6.45) is 6.68. The standard InChI is InChI=1S/C15H17NO/c1-10-3-2-4-13(7-10)16-15(17)14-9-11-5-6-12(14)8-11/h2-7,11-12,14H,8-9H2,1H3,(H,16,17). The summed E-state index contributed by atoms with van der Waals surface area (Å²) in [7, 11) is 0. The molecule has 2 nitrogen and oxygen atoms in total. The molecule has 2 aliphatic carbocycles. The lowest BCUT2D eigenvalue weighted by Crippen LogP contribution is -2.25. The van der Waals surface area contributed by atoms with E-state index in [0.717, 1.165) is 12.1 Å². The van der Waals surface area contributed by atoms with Gasteiger partial charge in [0.25, 0.3) is 0 Å². The van der Waals surface area contributed by atoms with Gasteiger partial charge in [-0.3, -0.25) is 4.79 Å². The van der Waals surface area contributed by atoms with E-state index >= 15 is 0 Å². The van der Waals surface area contributed by atoms with E-state index in [1.807, 2.05) is 31.2 Å². The van der Waals surface area contributed by atoms with Crippen molar-refractivity contribution in [2.45, 2.75) is 19.8 Å². The van der Waals surface area contributed by atoms with E-state index in [9.17, 15) is 4.79 Å². The largest absolute Gasteiger partial charge is 0.326 e. The monoisotopic (exact) mass is 227 g/mol. The van der Waals surface area contributed by atoms with E-state index in [1.165, 1.54) is 12.0 Å². The Morgan fingerprint density at radius 3 is 2.82 bits per heavy atom. The summed E-state index contributed by atoms with van der Waals surface area (Å²) in [5.41, 5.74) is 2.09. The van der Waals surface area contributed by atoms with Gasteiger partial charge < -0.3 is 5.32 Å². The van der Waals surface area contributed by atoms with Gasteiger partial charge in [-0.15, -0.1) is 0 Å². The smallest absolute Gasteiger partial charge is 0.228 e. The summed E-state index contributed by atoms with van der Waals surface area (Å²) in [4.78, 5) is 12.2. The average molecular weight is 227 g/mol. The first-order valence-electron chi connectivity index (χ1n) is 6.28. The Kier molecular flexibility index (Phi) is 2.50. The molecule has 0 spiro atoms. The van der Waals surface area contributed by atoms with Crippen molar-refractivity contribution in [3.63, 3.8) is 0 Å². The Balaban J connectivity index is 1.70. The number of rotatable bonds is 2. The maximum atomic E-state index is 12.2. The van der Waals surface area contributed by atoms with Crippen LogP contribution in [-0.4, -0.2) is 5.91 Å². The first kappa shape index (κ1) is 10.6. The highest BCUT2D eigenvalue weighted by molar-refractivity contribution is 5.93. The summed E-state index contributed by atoms with van der Waals surface area (Å²) in [5, 5.41) is 3.04. The molecule has 2 bridgehead atoms. The van der Waals surface area contributed by atoms with Crippen LogP contribution in [0.15, 0.2) is 36.4 Å². The molecule has 1 N–H and O–H groups in total. The zero-order valence-corrected chi connectivity index (χ0v) is 10.0. The number of carbonyl (C=O) groups is 1. The zero-order valence-electron chi connectivity index (χ0n) is 10.0. The third-order valence-electron chi connectivity index (χ3n) is 3.90. The van der Waals surface area contributed by atoms with Crippen molar-refractivity contribution < 1.29 is 4.79 Å². The van der Waals surface area contributed by atoms with E-state index in [0.29, 0.717) is 11.8 Å². The maximum absolute atomic E-state index is 12.2. The summed E-state index contributed by atoms with van der Waals surface area (Å²) >= 11 is 0. The predicted molar refractivity (Wildman–Crippen MR) is 68.7 cm³/mol. The van der Waals surface area contributed by atoms with Gasteiger partial charge >= 0.3 is 0 Å². The molecule has 0 aliphatic heterocycles. The number of nitrogens with one attached hydrogen (secondary N) is 1. The van der Waals surface area contributed by atoms with Gasteiger partial charge in [0.05, 0.1) is 0 Å². The van der Waals surface area contributed by atoms with E-state index in [1.54, 1.807) is 0 Å². The van der Waals surface area contributed by atoms with Crippen molar-refractivity contribution in [2.75, 3.05) is 5.32 Å². The molecule has 1 aromatic rings. The molecule has 1 saturated carbocycles. The van der Waals surface area contributed by atoms with Crippen LogP contribution >= 0.6 is 0 Å². The molecule has 3 atom stereocenters. The van der Waals surface area contributed by atoms with Gasteiger partial charge in [-0.1, -0.05) is 24.3 Å². The minimum atomic E-state index is 0.186. The van der Waals surface area contributed by atoms with Crippen molar-refractivity contribution in [1.82, 2.24) is 0 Å². The lowest BCUT2D eigenvalue weighted by atomic mass is 9.93. The van der Waals surface area contributed by atoms with Crippen LogP contribution in [0.2, 0.25) is 0 Å². The topological polar surface area (TPSA) is 29.1 Å². The van der Waals surface area contributed by atoms with Gasteiger partial charge in [-0.2, -0.15) is 0 Å². The van der Waals surface area contributed by atoms with Crippen LogP contribution in [0, 0.1) is 24.7 Å². The molecule has 1 amide bonds. The van der Waals surface area contributed by atoms with Crippen LogP contribution in [0.3, 0.4) is 0 Å². The molecule has 17 heavy (non-hydrogen) atoms.